The number of ether oxygens (including phenoxy) is 2. The predicted octanol–water partition coefficient (Wildman–Crippen LogP) is 1.49. The van der Waals surface area contributed by atoms with Gasteiger partial charge in [0.15, 0.2) is 0 Å². The number of carboxylic acids is 1. The minimum atomic E-state index is -0.820. The monoisotopic (exact) mass is 269 g/mol. The highest BCUT2D eigenvalue weighted by Gasteiger charge is 2.30. The van der Waals surface area contributed by atoms with Gasteiger partial charge < -0.3 is 14.6 Å². The Labute approximate surface area is 109 Å². The van der Waals surface area contributed by atoms with Crippen molar-refractivity contribution in [3.8, 4) is 11.5 Å². The lowest BCUT2D eigenvalue weighted by molar-refractivity contribution is -0.138. The fourth-order valence-electron chi connectivity index (χ4n) is 1.79. The summed E-state index contributed by atoms with van der Waals surface area (Å²) >= 11 is 1.57. The molecular formula is C12H15NO4S. The normalized spacial score (nSPS) is 22.8. The Hall–Kier alpha value is -1.40. The minimum absolute atomic E-state index is 0.0462. The van der Waals surface area contributed by atoms with E-state index in [4.69, 9.17) is 14.6 Å². The van der Waals surface area contributed by atoms with Gasteiger partial charge in [-0.15, -0.1) is 11.8 Å². The van der Waals surface area contributed by atoms with Crippen LogP contribution in [0.15, 0.2) is 18.2 Å². The number of nitrogens with one attached hydrogen (secondary N) is 1. The zero-order valence-corrected chi connectivity index (χ0v) is 11.0. The van der Waals surface area contributed by atoms with Crippen molar-refractivity contribution in [1.29, 1.82) is 0 Å². The van der Waals surface area contributed by atoms with E-state index < -0.39 is 12.0 Å². The molecule has 0 spiro atoms. The second-order valence-electron chi connectivity index (χ2n) is 3.92. The first kappa shape index (κ1) is 13.0. The molecule has 6 heteroatoms. The maximum absolute atomic E-state index is 10.9. The van der Waals surface area contributed by atoms with Crippen molar-refractivity contribution in [3.63, 3.8) is 0 Å². The summed E-state index contributed by atoms with van der Waals surface area (Å²) in [6.07, 6.45) is 0. The number of hydrogen-bond donors (Lipinski definition) is 2. The third-order valence-corrected chi connectivity index (χ3v) is 4.02. The highest BCUT2D eigenvalue weighted by atomic mass is 32.2. The number of thioether (sulfide) groups is 1. The number of methoxy groups -OCH3 is 2. The highest BCUT2D eigenvalue weighted by molar-refractivity contribution is 7.99. The summed E-state index contributed by atoms with van der Waals surface area (Å²) in [5, 5.41) is 12.0. The highest BCUT2D eigenvalue weighted by Crippen LogP contribution is 2.36. The molecule has 0 unspecified atom stereocenters. The number of carboxylic acid groups (broad SMARTS) is 1. The Bertz CT molecular complexity index is 429. The minimum Gasteiger partial charge on any atom is -0.497 e. The summed E-state index contributed by atoms with van der Waals surface area (Å²) in [4.78, 5) is 10.9. The maximum atomic E-state index is 10.9. The van der Waals surface area contributed by atoms with Gasteiger partial charge in [-0.25, -0.2) is 0 Å². The van der Waals surface area contributed by atoms with Crippen molar-refractivity contribution in [3.05, 3.63) is 23.8 Å². The average Bonchev–Trinajstić information content (AvgIpc) is 2.87. The molecule has 2 N–H and O–H groups in total. The van der Waals surface area contributed by atoms with E-state index in [-0.39, 0.29) is 5.37 Å². The molecule has 1 fully saturated rings. The van der Waals surface area contributed by atoms with E-state index in [1.807, 2.05) is 12.1 Å². The first-order chi connectivity index (χ1) is 8.63. The zero-order valence-electron chi connectivity index (χ0n) is 10.2. The van der Waals surface area contributed by atoms with Crippen LogP contribution in [0.2, 0.25) is 0 Å². The van der Waals surface area contributed by atoms with Crippen molar-refractivity contribution in [2.24, 2.45) is 0 Å². The fourth-order valence-corrected chi connectivity index (χ4v) is 3.00. The molecule has 0 aliphatic carbocycles. The van der Waals surface area contributed by atoms with Gasteiger partial charge in [-0.2, -0.15) is 0 Å². The average molecular weight is 269 g/mol. The molecule has 1 aliphatic heterocycles. The van der Waals surface area contributed by atoms with Crippen molar-refractivity contribution in [1.82, 2.24) is 5.32 Å². The molecule has 1 heterocycles. The lowest BCUT2D eigenvalue weighted by atomic mass is 10.2. The standard InChI is InChI=1S/C12H15NO4S/c1-16-8-3-7(4-9(5-8)17-2)11-13-10(6-18-11)12(14)15/h3-5,10-11,13H,6H2,1-2H3,(H,14,15)/t10-,11+/m0/s1. The zero-order chi connectivity index (χ0) is 13.1. The van der Waals surface area contributed by atoms with E-state index in [1.165, 1.54) is 0 Å². The van der Waals surface area contributed by atoms with Crippen molar-refractivity contribution in [2.75, 3.05) is 20.0 Å². The van der Waals surface area contributed by atoms with Crippen LogP contribution in [0.25, 0.3) is 0 Å². The van der Waals surface area contributed by atoms with Gasteiger partial charge in [0.2, 0.25) is 0 Å². The molecule has 1 aliphatic rings. The van der Waals surface area contributed by atoms with Crippen LogP contribution in [-0.2, 0) is 4.79 Å². The molecule has 18 heavy (non-hydrogen) atoms. The Kier molecular flexibility index (Phi) is 3.98. The molecule has 0 aromatic heterocycles. The summed E-state index contributed by atoms with van der Waals surface area (Å²) in [7, 11) is 3.18. The van der Waals surface area contributed by atoms with Crippen LogP contribution in [0.4, 0.5) is 0 Å². The van der Waals surface area contributed by atoms with Crippen LogP contribution in [0.3, 0.4) is 0 Å². The lowest BCUT2D eigenvalue weighted by Crippen LogP contribution is -2.33. The number of aliphatic carboxylic acids is 1. The Morgan fingerprint density at radius 2 is 1.94 bits per heavy atom. The van der Waals surface area contributed by atoms with Gasteiger partial charge >= 0.3 is 5.97 Å². The molecule has 1 aromatic carbocycles. The Balaban J connectivity index is 2.20. The summed E-state index contributed by atoms with van der Waals surface area (Å²) in [6.45, 7) is 0. The van der Waals surface area contributed by atoms with Crippen LogP contribution < -0.4 is 14.8 Å². The van der Waals surface area contributed by atoms with E-state index >= 15 is 0 Å². The van der Waals surface area contributed by atoms with E-state index in [0.29, 0.717) is 17.3 Å². The van der Waals surface area contributed by atoms with Crippen molar-refractivity contribution < 1.29 is 19.4 Å². The molecule has 0 bridgehead atoms. The Morgan fingerprint density at radius 1 is 1.33 bits per heavy atom. The van der Waals surface area contributed by atoms with Gasteiger partial charge in [0.25, 0.3) is 0 Å². The van der Waals surface area contributed by atoms with Gasteiger partial charge in [-0.1, -0.05) is 0 Å². The molecular weight excluding hydrogens is 254 g/mol. The van der Waals surface area contributed by atoms with E-state index in [1.54, 1.807) is 32.0 Å². The van der Waals surface area contributed by atoms with Crippen molar-refractivity contribution >= 4 is 17.7 Å². The summed E-state index contributed by atoms with van der Waals surface area (Å²) in [5.74, 6) is 1.13. The van der Waals surface area contributed by atoms with E-state index in [0.717, 1.165) is 5.56 Å². The van der Waals surface area contributed by atoms with Crippen LogP contribution in [0.1, 0.15) is 10.9 Å². The second-order valence-corrected chi connectivity index (χ2v) is 5.05. The molecule has 2 rings (SSSR count). The van der Waals surface area contributed by atoms with Crippen LogP contribution >= 0.6 is 11.8 Å². The Morgan fingerprint density at radius 3 is 2.39 bits per heavy atom. The lowest BCUT2D eigenvalue weighted by Gasteiger charge is -2.14. The largest absolute Gasteiger partial charge is 0.497 e. The van der Waals surface area contributed by atoms with Gasteiger partial charge in [-0.05, 0) is 17.7 Å². The van der Waals surface area contributed by atoms with Crippen LogP contribution in [0.5, 0.6) is 11.5 Å². The van der Waals surface area contributed by atoms with Gasteiger partial charge in [0.05, 0.1) is 19.6 Å². The molecule has 98 valence electrons. The molecule has 0 amide bonds. The maximum Gasteiger partial charge on any atom is 0.321 e. The third kappa shape index (κ3) is 2.70. The summed E-state index contributed by atoms with van der Waals surface area (Å²) < 4.78 is 10.4. The number of hydrogen-bond acceptors (Lipinski definition) is 5. The smallest absolute Gasteiger partial charge is 0.321 e. The first-order valence-corrected chi connectivity index (χ1v) is 6.52. The first-order valence-electron chi connectivity index (χ1n) is 5.47. The topological polar surface area (TPSA) is 67.8 Å². The quantitative estimate of drug-likeness (QED) is 0.863. The third-order valence-electron chi connectivity index (χ3n) is 2.76. The van der Waals surface area contributed by atoms with Crippen molar-refractivity contribution in [2.45, 2.75) is 11.4 Å². The predicted molar refractivity (Wildman–Crippen MR) is 69.3 cm³/mol. The van der Waals surface area contributed by atoms with Crippen LogP contribution in [-0.4, -0.2) is 37.1 Å². The number of carbonyl (C=O) groups is 1. The van der Waals surface area contributed by atoms with E-state index in [2.05, 4.69) is 5.32 Å². The summed E-state index contributed by atoms with van der Waals surface area (Å²) in [6, 6.07) is 5.06. The fraction of sp³-hybridized carbons (Fsp3) is 0.417. The van der Waals surface area contributed by atoms with E-state index in [9.17, 15) is 4.79 Å². The molecule has 0 radical (unpaired) electrons. The molecule has 1 aromatic rings. The van der Waals surface area contributed by atoms with Gasteiger partial charge in [-0.3, -0.25) is 10.1 Å². The van der Waals surface area contributed by atoms with Gasteiger partial charge in [0, 0.05) is 11.8 Å². The number of benzene rings is 1. The number of rotatable bonds is 4. The molecule has 0 saturated carbocycles. The second kappa shape index (κ2) is 5.49. The molecule has 5 nitrogen and oxygen atoms in total. The SMILES string of the molecule is COc1cc(OC)cc([C@@H]2N[C@H](C(=O)O)CS2)c1. The molecule has 2 atom stereocenters. The van der Waals surface area contributed by atoms with Gasteiger partial charge in [0.1, 0.15) is 17.5 Å². The van der Waals surface area contributed by atoms with Crippen LogP contribution in [0, 0.1) is 0 Å². The summed E-state index contributed by atoms with van der Waals surface area (Å²) in [5.41, 5.74) is 0.958. The molecule has 1 saturated heterocycles.